The average Bonchev–Trinajstić information content (AvgIpc) is 2.25. The van der Waals surface area contributed by atoms with Gasteiger partial charge in [0, 0.05) is 0 Å². The van der Waals surface area contributed by atoms with Crippen LogP contribution in [0, 0.1) is 0 Å². The molecule has 4 nitrogen and oxygen atoms in total. The van der Waals surface area contributed by atoms with E-state index in [0.717, 1.165) is 39.0 Å². The number of hydrogen-bond acceptors (Lipinski definition) is 4. The van der Waals surface area contributed by atoms with Crippen LogP contribution in [0.5, 0.6) is 0 Å². The second-order valence-electron chi connectivity index (χ2n) is 4.37. The second kappa shape index (κ2) is 12.9. The molecule has 0 radical (unpaired) electrons. The van der Waals surface area contributed by atoms with E-state index in [2.05, 4.69) is 17.6 Å². The number of rotatable bonds is 12. The number of hydrogen-bond donors (Lipinski definition) is 4. The quantitative estimate of drug-likeness (QED) is 0.295. The minimum absolute atomic E-state index is 0.149. The van der Waals surface area contributed by atoms with Crippen LogP contribution in [0.1, 0.15) is 45.4 Å². The summed E-state index contributed by atoms with van der Waals surface area (Å²) >= 11 is 0. The summed E-state index contributed by atoms with van der Waals surface area (Å²) in [6.45, 7) is 6.68. The number of unbranched alkanes of at least 4 members (excludes halogenated alkanes) is 2. The first-order chi connectivity index (χ1) is 7.77. The third-order valence-electron chi connectivity index (χ3n) is 2.56. The predicted octanol–water partition coefficient (Wildman–Crippen LogP) is 0.770. The lowest BCUT2D eigenvalue weighted by atomic mass is 10.2. The van der Waals surface area contributed by atoms with Gasteiger partial charge >= 0.3 is 0 Å². The molecule has 6 N–H and O–H groups in total. The van der Waals surface area contributed by atoms with Gasteiger partial charge < -0.3 is 22.1 Å². The minimum atomic E-state index is -0.149. The van der Waals surface area contributed by atoms with Crippen molar-refractivity contribution < 1.29 is 0 Å². The molecule has 0 aliphatic heterocycles. The zero-order valence-electron chi connectivity index (χ0n) is 10.8. The van der Waals surface area contributed by atoms with E-state index in [0.29, 0.717) is 0 Å². The normalized spacial score (nSPS) is 11.2. The smallest absolute Gasteiger partial charge is 0.0521 e. The van der Waals surface area contributed by atoms with E-state index >= 15 is 0 Å². The average molecular weight is 230 g/mol. The van der Waals surface area contributed by atoms with Crippen molar-refractivity contribution in [3.8, 4) is 0 Å². The summed E-state index contributed by atoms with van der Waals surface area (Å²) in [5.41, 5.74) is 10.9. The van der Waals surface area contributed by atoms with Crippen molar-refractivity contribution in [1.82, 2.24) is 10.6 Å². The first-order valence-electron chi connectivity index (χ1n) is 6.70. The van der Waals surface area contributed by atoms with Gasteiger partial charge in [-0.2, -0.15) is 0 Å². The summed E-state index contributed by atoms with van der Waals surface area (Å²) in [5.74, 6) is 0. The molecule has 0 atom stereocenters. The molecule has 16 heavy (non-hydrogen) atoms. The number of nitrogens with two attached hydrogens (primary N) is 2. The highest BCUT2D eigenvalue weighted by atomic mass is 14.9. The van der Waals surface area contributed by atoms with Crippen molar-refractivity contribution >= 4 is 0 Å². The molecule has 0 aromatic rings. The van der Waals surface area contributed by atoms with Gasteiger partial charge in [-0.1, -0.05) is 13.3 Å². The van der Waals surface area contributed by atoms with Crippen molar-refractivity contribution in [3.05, 3.63) is 0 Å². The lowest BCUT2D eigenvalue weighted by Crippen LogP contribution is -2.31. The first-order valence-corrected chi connectivity index (χ1v) is 6.70. The lowest BCUT2D eigenvalue weighted by Gasteiger charge is -2.07. The summed E-state index contributed by atoms with van der Waals surface area (Å²) in [5, 5.41) is 6.85. The molecule has 0 bridgehead atoms. The molecule has 0 spiro atoms. The van der Waals surface area contributed by atoms with Crippen molar-refractivity contribution in [3.63, 3.8) is 0 Å². The van der Waals surface area contributed by atoms with E-state index in [1.807, 2.05) is 0 Å². The highest BCUT2D eigenvalue weighted by molar-refractivity contribution is 4.55. The van der Waals surface area contributed by atoms with Crippen molar-refractivity contribution in [2.75, 3.05) is 26.2 Å². The van der Waals surface area contributed by atoms with Crippen LogP contribution in [-0.4, -0.2) is 32.3 Å². The largest absolute Gasteiger partial charge is 0.317 e. The van der Waals surface area contributed by atoms with Crippen LogP contribution >= 0.6 is 0 Å². The van der Waals surface area contributed by atoms with E-state index in [4.69, 9.17) is 11.5 Å². The maximum absolute atomic E-state index is 5.45. The predicted molar refractivity (Wildman–Crippen MR) is 71.3 cm³/mol. The Labute approximate surface area is 101 Å². The molecule has 0 aromatic carbocycles. The van der Waals surface area contributed by atoms with E-state index in [9.17, 15) is 0 Å². The van der Waals surface area contributed by atoms with Crippen LogP contribution < -0.4 is 22.1 Å². The molecule has 0 heterocycles. The van der Waals surface area contributed by atoms with Crippen LogP contribution in [-0.2, 0) is 0 Å². The molecule has 0 aliphatic rings. The second-order valence-corrected chi connectivity index (χ2v) is 4.37. The first kappa shape index (κ1) is 15.8. The maximum Gasteiger partial charge on any atom is 0.0521 e. The van der Waals surface area contributed by atoms with E-state index in [-0.39, 0.29) is 6.17 Å². The van der Waals surface area contributed by atoms with Crippen LogP contribution in [0.25, 0.3) is 0 Å². The van der Waals surface area contributed by atoms with Gasteiger partial charge in [-0.3, -0.25) is 0 Å². The fourth-order valence-electron chi connectivity index (χ4n) is 1.51. The fourth-order valence-corrected chi connectivity index (χ4v) is 1.51. The minimum Gasteiger partial charge on any atom is -0.317 e. The standard InChI is InChI=1S/C12H30N4/c1-2-3-8-15-9-4-5-10-16-11-6-7-12(13)14/h12,15-16H,2-11,13-14H2,1H3. The Morgan fingerprint density at radius 2 is 1.31 bits per heavy atom. The zero-order chi connectivity index (χ0) is 12.1. The molecule has 4 heteroatoms. The summed E-state index contributed by atoms with van der Waals surface area (Å²) in [4.78, 5) is 0. The van der Waals surface area contributed by atoms with Gasteiger partial charge in [-0.05, 0) is 58.3 Å². The molecule has 0 aromatic heterocycles. The van der Waals surface area contributed by atoms with Gasteiger partial charge in [0.25, 0.3) is 0 Å². The third kappa shape index (κ3) is 13.8. The van der Waals surface area contributed by atoms with Crippen molar-refractivity contribution in [2.24, 2.45) is 11.5 Å². The fraction of sp³-hybridized carbons (Fsp3) is 1.00. The van der Waals surface area contributed by atoms with E-state index in [1.165, 1.54) is 25.7 Å². The van der Waals surface area contributed by atoms with Crippen LogP contribution in [0.15, 0.2) is 0 Å². The van der Waals surface area contributed by atoms with Crippen molar-refractivity contribution in [2.45, 2.75) is 51.6 Å². The monoisotopic (exact) mass is 230 g/mol. The van der Waals surface area contributed by atoms with Gasteiger partial charge in [0.2, 0.25) is 0 Å². The summed E-state index contributed by atoms with van der Waals surface area (Å²) < 4.78 is 0. The highest BCUT2D eigenvalue weighted by Gasteiger charge is 1.93. The van der Waals surface area contributed by atoms with Crippen LogP contribution in [0.3, 0.4) is 0 Å². The van der Waals surface area contributed by atoms with Crippen LogP contribution in [0.2, 0.25) is 0 Å². The summed E-state index contributed by atoms with van der Waals surface area (Å²) in [6.07, 6.45) is 6.90. The third-order valence-corrected chi connectivity index (χ3v) is 2.56. The van der Waals surface area contributed by atoms with Gasteiger partial charge in [-0.15, -0.1) is 0 Å². The zero-order valence-corrected chi connectivity index (χ0v) is 10.8. The molecule has 0 saturated carbocycles. The molecule has 0 saturated heterocycles. The van der Waals surface area contributed by atoms with Gasteiger partial charge in [0.1, 0.15) is 0 Å². The van der Waals surface area contributed by atoms with E-state index < -0.39 is 0 Å². The molecule has 0 unspecified atom stereocenters. The van der Waals surface area contributed by atoms with Gasteiger partial charge in [0.05, 0.1) is 6.17 Å². The molecule has 0 fully saturated rings. The molecule has 98 valence electrons. The Morgan fingerprint density at radius 1 is 0.812 bits per heavy atom. The van der Waals surface area contributed by atoms with Gasteiger partial charge in [0.15, 0.2) is 0 Å². The Bertz CT molecular complexity index is 128. The molecular weight excluding hydrogens is 200 g/mol. The Kier molecular flexibility index (Phi) is 12.8. The molecule has 0 aliphatic carbocycles. The topological polar surface area (TPSA) is 76.1 Å². The number of nitrogens with one attached hydrogen (secondary N) is 2. The molecule has 0 amide bonds. The Morgan fingerprint density at radius 3 is 1.81 bits per heavy atom. The van der Waals surface area contributed by atoms with Crippen LogP contribution in [0.4, 0.5) is 0 Å². The Balaban J connectivity index is 2.88. The molecular formula is C12H30N4. The molecule has 0 rings (SSSR count). The summed E-state index contributed by atoms with van der Waals surface area (Å²) in [7, 11) is 0. The van der Waals surface area contributed by atoms with E-state index in [1.54, 1.807) is 0 Å². The van der Waals surface area contributed by atoms with Crippen molar-refractivity contribution in [1.29, 1.82) is 0 Å². The maximum atomic E-state index is 5.45. The van der Waals surface area contributed by atoms with Gasteiger partial charge in [-0.25, -0.2) is 0 Å². The lowest BCUT2D eigenvalue weighted by molar-refractivity contribution is 0.538. The highest BCUT2D eigenvalue weighted by Crippen LogP contribution is 1.89. The SMILES string of the molecule is CCCCNCCCCNCCCC(N)N. The Hall–Kier alpha value is -0.160. The summed E-state index contributed by atoms with van der Waals surface area (Å²) in [6, 6.07) is 0.